The van der Waals surface area contributed by atoms with Crippen molar-refractivity contribution in [3.05, 3.63) is 30.1 Å². The monoisotopic (exact) mass is 489 g/mol. The molecule has 1 N–H and O–H groups in total. The molecule has 0 radical (unpaired) electrons. The Bertz CT molecular complexity index is 1110. The van der Waals surface area contributed by atoms with Gasteiger partial charge >= 0.3 is 0 Å². The van der Waals surface area contributed by atoms with Gasteiger partial charge in [-0.3, -0.25) is 4.79 Å². The molecule has 2 aromatic rings. The summed E-state index contributed by atoms with van der Waals surface area (Å²) in [6, 6.07) is 6.96. The number of hydrogen-bond acceptors (Lipinski definition) is 6. The van der Waals surface area contributed by atoms with Gasteiger partial charge in [-0.15, -0.1) is 10.2 Å². The fourth-order valence-corrected chi connectivity index (χ4v) is 7.16. The van der Waals surface area contributed by atoms with Gasteiger partial charge in [0.15, 0.2) is 5.16 Å². The van der Waals surface area contributed by atoms with E-state index in [9.17, 15) is 13.2 Å². The second-order valence-electron chi connectivity index (χ2n) is 9.85. The predicted molar refractivity (Wildman–Crippen MR) is 128 cm³/mol. The number of aromatic nitrogens is 3. The number of carbonyl (C=O) groups is 1. The van der Waals surface area contributed by atoms with Gasteiger partial charge in [0.25, 0.3) is 0 Å². The number of anilines is 1. The number of hydrogen-bond donors (Lipinski definition) is 1. The average Bonchev–Trinajstić information content (AvgIpc) is 3.71. The third-order valence-corrected chi connectivity index (χ3v) is 9.28. The lowest BCUT2D eigenvalue weighted by atomic mass is 9.94. The Morgan fingerprint density at radius 2 is 1.73 bits per heavy atom. The van der Waals surface area contributed by atoms with Crippen molar-refractivity contribution in [2.75, 3.05) is 24.2 Å². The van der Waals surface area contributed by atoms with Crippen molar-refractivity contribution in [1.82, 2.24) is 19.1 Å². The Hall–Kier alpha value is -1.91. The highest BCUT2D eigenvalue weighted by atomic mass is 32.2. The quantitative estimate of drug-likeness (QED) is 0.565. The van der Waals surface area contributed by atoms with Crippen molar-refractivity contribution >= 4 is 33.4 Å². The molecule has 0 spiro atoms. The Morgan fingerprint density at radius 3 is 2.33 bits per heavy atom. The normalized spacial score (nSPS) is 24.1. The van der Waals surface area contributed by atoms with Crippen molar-refractivity contribution in [2.45, 2.75) is 68.0 Å². The van der Waals surface area contributed by atoms with Gasteiger partial charge < -0.3 is 9.88 Å². The highest BCUT2D eigenvalue weighted by Crippen LogP contribution is 2.46. The zero-order chi connectivity index (χ0) is 23.2. The van der Waals surface area contributed by atoms with Crippen LogP contribution in [-0.2, 0) is 14.8 Å². The van der Waals surface area contributed by atoms with E-state index in [1.807, 2.05) is 0 Å². The number of nitrogens with one attached hydrogen (secondary N) is 1. The lowest BCUT2D eigenvalue weighted by molar-refractivity contribution is -0.113. The summed E-state index contributed by atoms with van der Waals surface area (Å²) < 4.78 is 29.9. The number of carbonyl (C=O) groups excluding carboxylic acids is 1. The number of thioether (sulfide) groups is 1. The molecule has 1 aliphatic heterocycles. The second kappa shape index (κ2) is 9.03. The largest absolute Gasteiger partial charge is 0.325 e. The summed E-state index contributed by atoms with van der Waals surface area (Å²) in [5.74, 6) is 2.41. The van der Waals surface area contributed by atoms with Crippen LogP contribution in [0.15, 0.2) is 34.3 Å². The number of rotatable bonds is 8. The Kier molecular flexibility index (Phi) is 6.26. The molecule has 178 valence electrons. The first kappa shape index (κ1) is 22.9. The minimum atomic E-state index is -3.53. The molecule has 3 aliphatic rings. The molecular formula is C23H31N5O3S2. The van der Waals surface area contributed by atoms with E-state index < -0.39 is 10.0 Å². The molecule has 3 fully saturated rings. The van der Waals surface area contributed by atoms with Gasteiger partial charge in [-0.1, -0.05) is 25.6 Å². The van der Waals surface area contributed by atoms with Gasteiger partial charge in [0, 0.05) is 30.7 Å². The molecule has 0 bridgehead atoms. The topological polar surface area (TPSA) is 97.2 Å². The lowest BCUT2D eigenvalue weighted by Gasteiger charge is -2.34. The fraction of sp³-hybridized carbons (Fsp3) is 0.609. The molecule has 5 rings (SSSR count). The number of benzene rings is 1. The van der Waals surface area contributed by atoms with Gasteiger partial charge in [0.1, 0.15) is 5.82 Å². The summed E-state index contributed by atoms with van der Waals surface area (Å²) in [6.45, 7) is 5.29. The molecule has 2 heterocycles. The van der Waals surface area contributed by atoms with Crippen LogP contribution in [0.3, 0.4) is 0 Å². The first-order valence-electron chi connectivity index (χ1n) is 11.8. The van der Waals surface area contributed by atoms with E-state index >= 15 is 0 Å². The van der Waals surface area contributed by atoms with Crippen LogP contribution >= 0.6 is 11.8 Å². The van der Waals surface area contributed by atoms with Gasteiger partial charge in [-0.05, 0) is 68.2 Å². The number of amides is 1. The van der Waals surface area contributed by atoms with Gasteiger partial charge in [-0.25, -0.2) is 8.42 Å². The maximum Gasteiger partial charge on any atom is 0.243 e. The highest BCUT2D eigenvalue weighted by molar-refractivity contribution is 7.99. The number of sulfonamides is 1. The van der Waals surface area contributed by atoms with E-state index in [0.29, 0.717) is 42.6 Å². The minimum absolute atomic E-state index is 0.146. The summed E-state index contributed by atoms with van der Waals surface area (Å²) in [4.78, 5) is 12.8. The smallest absolute Gasteiger partial charge is 0.243 e. The summed E-state index contributed by atoms with van der Waals surface area (Å²) in [6.07, 6.45) is 5.72. The first-order chi connectivity index (χ1) is 15.8. The molecule has 33 heavy (non-hydrogen) atoms. The van der Waals surface area contributed by atoms with E-state index in [1.165, 1.54) is 24.6 Å². The van der Waals surface area contributed by atoms with E-state index in [1.54, 1.807) is 28.6 Å². The van der Waals surface area contributed by atoms with Crippen LogP contribution in [0.5, 0.6) is 0 Å². The molecule has 10 heteroatoms. The van der Waals surface area contributed by atoms with Crippen LogP contribution in [0.2, 0.25) is 0 Å². The van der Waals surface area contributed by atoms with Crippen LogP contribution in [-0.4, -0.2) is 52.2 Å². The highest BCUT2D eigenvalue weighted by Gasteiger charge is 2.36. The zero-order valence-corrected chi connectivity index (χ0v) is 20.7. The van der Waals surface area contributed by atoms with Crippen molar-refractivity contribution in [1.29, 1.82) is 0 Å². The lowest BCUT2D eigenvalue weighted by Crippen LogP contribution is -2.42. The SMILES string of the molecule is C[C@@H]1C[C@H](C)CN(S(=O)(=O)c2ccc(NC(=O)CSc3nnc(C4CC4)n3C3CC3)cc2)C1. The third-order valence-electron chi connectivity index (χ3n) is 6.49. The van der Waals surface area contributed by atoms with Crippen LogP contribution in [0.1, 0.15) is 63.7 Å². The van der Waals surface area contributed by atoms with Crippen LogP contribution in [0.25, 0.3) is 0 Å². The molecular weight excluding hydrogens is 458 g/mol. The number of nitrogens with zero attached hydrogens (tertiary/aromatic N) is 4. The van der Waals surface area contributed by atoms with Crippen molar-refractivity contribution in [3.63, 3.8) is 0 Å². The molecule has 1 saturated heterocycles. The van der Waals surface area contributed by atoms with Crippen LogP contribution in [0.4, 0.5) is 5.69 Å². The van der Waals surface area contributed by atoms with Gasteiger partial charge in [0.05, 0.1) is 10.6 Å². The summed E-state index contributed by atoms with van der Waals surface area (Å²) in [7, 11) is -3.53. The molecule has 8 nitrogen and oxygen atoms in total. The third kappa shape index (κ3) is 5.12. The second-order valence-corrected chi connectivity index (χ2v) is 12.7. The fourth-order valence-electron chi connectivity index (χ4n) is 4.67. The van der Waals surface area contributed by atoms with Crippen molar-refractivity contribution in [3.8, 4) is 0 Å². The summed E-state index contributed by atoms with van der Waals surface area (Å²) in [5, 5.41) is 12.4. The van der Waals surface area contributed by atoms with Crippen LogP contribution in [0, 0.1) is 11.8 Å². The molecule has 1 amide bonds. The standard InChI is InChI=1S/C23H31N5O3S2/c1-15-11-16(2)13-27(12-15)33(30,31)20-9-5-18(6-10-20)24-21(29)14-32-23-26-25-22(17-3-4-17)28(23)19-7-8-19/h5-6,9-10,15-17,19H,3-4,7-8,11-14H2,1-2H3,(H,24,29)/t15-,16+. The molecule has 2 saturated carbocycles. The maximum atomic E-state index is 13.0. The van der Waals surface area contributed by atoms with Crippen molar-refractivity contribution < 1.29 is 13.2 Å². The average molecular weight is 490 g/mol. The zero-order valence-electron chi connectivity index (χ0n) is 19.1. The van der Waals surface area contributed by atoms with Gasteiger partial charge in [-0.2, -0.15) is 4.31 Å². The minimum Gasteiger partial charge on any atom is -0.325 e. The Morgan fingerprint density at radius 1 is 1.06 bits per heavy atom. The maximum absolute atomic E-state index is 13.0. The summed E-state index contributed by atoms with van der Waals surface area (Å²) >= 11 is 1.41. The van der Waals surface area contributed by atoms with Crippen molar-refractivity contribution in [2.24, 2.45) is 11.8 Å². The molecule has 1 aromatic heterocycles. The Balaban J connectivity index is 1.19. The molecule has 1 aromatic carbocycles. The first-order valence-corrected chi connectivity index (χ1v) is 14.2. The molecule has 2 atom stereocenters. The summed E-state index contributed by atoms with van der Waals surface area (Å²) in [5.41, 5.74) is 0.585. The van der Waals surface area contributed by atoms with E-state index in [-0.39, 0.29) is 16.6 Å². The Labute approximate surface area is 199 Å². The van der Waals surface area contributed by atoms with E-state index in [2.05, 4.69) is 33.9 Å². The molecule has 0 unspecified atom stereocenters. The van der Waals surface area contributed by atoms with Gasteiger partial charge in [0.2, 0.25) is 15.9 Å². The van der Waals surface area contributed by atoms with E-state index in [4.69, 9.17) is 0 Å². The predicted octanol–water partition coefficient (Wildman–Crippen LogP) is 3.89. The number of piperidine rings is 1. The van der Waals surface area contributed by atoms with Crippen LogP contribution < -0.4 is 5.32 Å². The molecule has 2 aliphatic carbocycles. The van der Waals surface area contributed by atoms with E-state index in [0.717, 1.165) is 30.2 Å².